The van der Waals surface area contributed by atoms with Crippen molar-refractivity contribution < 1.29 is 22.7 Å². The number of Topliss-reactive ketones (excluding diaryl/α,β-unsaturated/α-hetero) is 1. The summed E-state index contributed by atoms with van der Waals surface area (Å²) in [4.78, 5) is 11.0. The number of halogens is 4. The van der Waals surface area contributed by atoms with Gasteiger partial charge in [-0.15, -0.1) is 0 Å². The summed E-state index contributed by atoms with van der Waals surface area (Å²) >= 11 is 5.68. The Morgan fingerprint density at radius 3 is 2.38 bits per heavy atom. The Labute approximate surface area is 95.0 Å². The molecule has 6 heteroatoms. The summed E-state index contributed by atoms with van der Waals surface area (Å²) in [6.07, 6.45) is -4.93. The summed E-state index contributed by atoms with van der Waals surface area (Å²) in [5.41, 5.74) is -0.258. The fourth-order valence-corrected chi connectivity index (χ4v) is 1.46. The monoisotopic (exact) mass is 252 g/mol. The lowest BCUT2D eigenvalue weighted by Crippen LogP contribution is -2.23. The number of ether oxygens (including phenoxy) is 1. The summed E-state index contributed by atoms with van der Waals surface area (Å²) < 4.78 is 41.4. The van der Waals surface area contributed by atoms with Crippen LogP contribution in [0.15, 0.2) is 12.1 Å². The zero-order valence-electron chi connectivity index (χ0n) is 8.48. The number of alkyl halides is 3. The molecular weight excluding hydrogens is 245 g/mol. The molecule has 0 saturated heterocycles. The van der Waals surface area contributed by atoms with Crippen molar-refractivity contribution in [1.29, 1.82) is 0 Å². The molecule has 0 amide bonds. The zero-order chi connectivity index (χ0) is 12.5. The molecule has 0 spiro atoms. The van der Waals surface area contributed by atoms with Crippen molar-refractivity contribution in [3.05, 3.63) is 28.3 Å². The second kappa shape index (κ2) is 4.33. The van der Waals surface area contributed by atoms with Crippen LogP contribution in [0, 0.1) is 6.92 Å². The number of rotatable bonds is 2. The number of hydrogen-bond donors (Lipinski definition) is 0. The van der Waals surface area contributed by atoms with E-state index in [-0.39, 0.29) is 5.02 Å². The van der Waals surface area contributed by atoms with Gasteiger partial charge in [0.1, 0.15) is 5.75 Å². The average molecular weight is 253 g/mol. The lowest BCUT2D eigenvalue weighted by Gasteiger charge is -2.11. The Bertz CT molecular complexity index is 427. The molecule has 0 N–H and O–H groups in total. The standard InChI is InChI=1S/C10H8ClF3O2/c1-5-7(16-2)4-3-6(8(5)11)9(15)10(12,13)14/h3-4H,1-2H3. The van der Waals surface area contributed by atoms with E-state index in [9.17, 15) is 18.0 Å². The number of carbonyl (C=O) groups excluding carboxylic acids is 1. The van der Waals surface area contributed by atoms with Crippen LogP contribution >= 0.6 is 11.6 Å². The van der Waals surface area contributed by atoms with Crippen LogP contribution in [0.4, 0.5) is 13.2 Å². The molecule has 0 radical (unpaired) electrons. The minimum absolute atomic E-state index is 0.235. The Morgan fingerprint density at radius 2 is 1.94 bits per heavy atom. The Morgan fingerprint density at radius 1 is 1.38 bits per heavy atom. The van der Waals surface area contributed by atoms with Crippen LogP contribution in [-0.2, 0) is 0 Å². The molecule has 2 nitrogen and oxygen atoms in total. The first kappa shape index (κ1) is 12.8. The highest BCUT2D eigenvalue weighted by atomic mass is 35.5. The Kier molecular flexibility index (Phi) is 3.48. The van der Waals surface area contributed by atoms with Crippen molar-refractivity contribution in [3.8, 4) is 5.75 Å². The van der Waals surface area contributed by atoms with Gasteiger partial charge in [-0.25, -0.2) is 0 Å². The molecule has 0 atom stereocenters. The molecule has 0 bridgehead atoms. The topological polar surface area (TPSA) is 26.3 Å². The Balaban J connectivity index is 3.28. The highest BCUT2D eigenvalue weighted by Gasteiger charge is 2.40. The maximum atomic E-state index is 12.2. The predicted octanol–water partition coefficient (Wildman–Crippen LogP) is 3.40. The third-order valence-corrected chi connectivity index (χ3v) is 2.55. The van der Waals surface area contributed by atoms with E-state index in [0.717, 1.165) is 6.07 Å². The zero-order valence-corrected chi connectivity index (χ0v) is 9.24. The van der Waals surface area contributed by atoms with E-state index < -0.39 is 17.5 Å². The van der Waals surface area contributed by atoms with E-state index in [1.807, 2.05) is 0 Å². The third kappa shape index (κ3) is 2.29. The van der Waals surface area contributed by atoms with Gasteiger partial charge in [-0.05, 0) is 19.1 Å². The minimum atomic E-state index is -4.93. The summed E-state index contributed by atoms with van der Waals surface area (Å²) in [7, 11) is 1.36. The van der Waals surface area contributed by atoms with Gasteiger partial charge in [0.25, 0.3) is 5.78 Å². The van der Waals surface area contributed by atoms with Gasteiger partial charge >= 0.3 is 6.18 Å². The van der Waals surface area contributed by atoms with Crippen LogP contribution < -0.4 is 4.74 Å². The third-order valence-electron chi connectivity index (χ3n) is 2.06. The van der Waals surface area contributed by atoms with E-state index >= 15 is 0 Å². The van der Waals surface area contributed by atoms with Crippen LogP contribution in [-0.4, -0.2) is 19.1 Å². The minimum Gasteiger partial charge on any atom is -0.496 e. The van der Waals surface area contributed by atoms with E-state index in [2.05, 4.69) is 0 Å². The lowest BCUT2D eigenvalue weighted by molar-refractivity contribution is -0.0885. The van der Waals surface area contributed by atoms with Crippen LogP contribution in [0.25, 0.3) is 0 Å². The first-order valence-corrected chi connectivity index (χ1v) is 4.61. The van der Waals surface area contributed by atoms with Gasteiger partial charge in [-0.3, -0.25) is 4.79 Å². The van der Waals surface area contributed by atoms with E-state index in [1.54, 1.807) is 0 Å². The van der Waals surface area contributed by atoms with Crippen molar-refractivity contribution in [2.75, 3.05) is 7.11 Å². The smallest absolute Gasteiger partial charge is 0.454 e. The largest absolute Gasteiger partial charge is 0.496 e. The van der Waals surface area contributed by atoms with E-state index in [4.69, 9.17) is 16.3 Å². The van der Waals surface area contributed by atoms with E-state index in [1.165, 1.54) is 20.1 Å². The van der Waals surface area contributed by atoms with Gasteiger partial charge < -0.3 is 4.74 Å². The quantitative estimate of drug-likeness (QED) is 0.754. The maximum absolute atomic E-state index is 12.2. The molecule has 1 aromatic rings. The highest BCUT2D eigenvalue weighted by molar-refractivity contribution is 6.35. The van der Waals surface area contributed by atoms with Crippen LogP contribution in [0.3, 0.4) is 0 Å². The van der Waals surface area contributed by atoms with Crippen molar-refractivity contribution in [2.24, 2.45) is 0 Å². The van der Waals surface area contributed by atoms with Crippen LogP contribution in [0.1, 0.15) is 15.9 Å². The van der Waals surface area contributed by atoms with Crippen LogP contribution in [0.2, 0.25) is 5.02 Å². The number of benzene rings is 1. The molecule has 0 heterocycles. The number of carbonyl (C=O) groups is 1. The van der Waals surface area contributed by atoms with Gasteiger partial charge in [-0.1, -0.05) is 11.6 Å². The van der Waals surface area contributed by atoms with Gasteiger partial charge in [0.2, 0.25) is 0 Å². The van der Waals surface area contributed by atoms with Gasteiger partial charge in [-0.2, -0.15) is 13.2 Å². The molecule has 0 aliphatic carbocycles. The van der Waals surface area contributed by atoms with Crippen molar-refractivity contribution >= 4 is 17.4 Å². The highest BCUT2D eigenvalue weighted by Crippen LogP contribution is 2.32. The normalized spacial score (nSPS) is 11.4. The van der Waals surface area contributed by atoms with Gasteiger partial charge in [0, 0.05) is 11.1 Å². The molecular formula is C10H8ClF3O2. The van der Waals surface area contributed by atoms with E-state index in [0.29, 0.717) is 11.3 Å². The maximum Gasteiger partial charge on any atom is 0.454 e. The average Bonchev–Trinajstić information content (AvgIpc) is 2.20. The summed E-state index contributed by atoms with van der Waals surface area (Å²) in [5.74, 6) is -1.62. The summed E-state index contributed by atoms with van der Waals surface area (Å²) in [6.45, 7) is 1.48. The lowest BCUT2D eigenvalue weighted by atomic mass is 10.1. The molecule has 1 aromatic carbocycles. The van der Waals surface area contributed by atoms with Crippen LogP contribution in [0.5, 0.6) is 5.75 Å². The van der Waals surface area contributed by atoms with Gasteiger partial charge in [0.15, 0.2) is 0 Å². The molecule has 0 aromatic heterocycles. The summed E-state index contributed by atoms with van der Waals surface area (Å²) in [6, 6.07) is 2.28. The van der Waals surface area contributed by atoms with Crippen molar-refractivity contribution in [3.63, 3.8) is 0 Å². The second-order valence-corrected chi connectivity index (χ2v) is 3.46. The molecule has 0 fully saturated rings. The SMILES string of the molecule is COc1ccc(C(=O)C(F)(F)F)c(Cl)c1C. The summed E-state index contributed by atoms with van der Waals surface area (Å²) in [5, 5.41) is -0.235. The molecule has 0 aliphatic rings. The second-order valence-electron chi connectivity index (χ2n) is 3.08. The molecule has 0 unspecified atom stereocenters. The molecule has 0 saturated carbocycles. The molecule has 1 rings (SSSR count). The number of methoxy groups -OCH3 is 1. The predicted molar refractivity (Wildman–Crippen MR) is 53.1 cm³/mol. The Hall–Kier alpha value is -1.23. The molecule has 88 valence electrons. The van der Waals surface area contributed by atoms with Crippen molar-refractivity contribution in [2.45, 2.75) is 13.1 Å². The number of hydrogen-bond acceptors (Lipinski definition) is 2. The fourth-order valence-electron chi connectivity index (χ4n) is 1.22. The fraction of sp³-hybridized carbons (Fsp3) is 0.300. The molecule has 0 aliphatic heterocycles. The molecule has 16 heavy (non-hydrogen) atoms. The number of ketones is 1. The van der Waals surface area contributed by atoms with Gasteiger partial charge in [0.05, 0.1) is 12.1 Å². The van der Waals surface area contributed by atoms with Crippen molar-refractivity contribution in [1.82, 2.24) is 0 Å². The first-order chi connectivity index (χ1) is 7.29. The first-order valence-electron chi connectivity index (χ1n) is 4.23.